The Kier molecular flexibility index (Phi) is 5.57. The highest BCUT2D eigenvalue weighted by molar-refractivity contribution is 5.88. The number of hydrogen-bond acceptors (Lipinski definition) is 3. The molecule has 0 aliphatic heterocycles. The topological polar surface area (TPSA) is 60.3 Å². The summed E-state index contributed by atoms with van der Waals surface area (Å²) in [5.41, 5.74) is 1.88. The maximum absolute atomic E-state index is 12.0. The Morgan fingerprint density at radius 3 is 2.48 bits per heavy atom. The van der Waals surface area contributed by atoms with Crippen molar-refractivity contribution in [2.24, 2.45) is 5.92 Å². The summed E-state index contributed by atoms with van der Waals surface area (Å²) in [5, 5.41) is 2.66. The molecule has 1 amide bonds. The van der Waals surface area contributed by atoms with Crippen LogP contribution in [0.15, 0.2) is 42.7 Å². The van der Waals surface area contributed by atoms with Crippen LogP contribution in [-0.2, 0) is 22.6 Å². The van der Waals surface area contributed by atoms with Crippen molar-refractivity contribution in [2.75, 3.05) is 5.32 Å². The van der Waals surface area contributed by atoms with Gasteiger partial charge in [-0.25, -0.2) is 4.79 Å². The number of amides is 1. The molecule has 1 aromatic heterocycles. The number of nitrogens with one attached hydrogen (secondary N) is 1. The Hall–Kier alpha value is -2.56. The van der Waals surface area contributed by atoms with Crippen molar-refractivity contribution in [3.8, 4) is 5.75 Å². The van der Waals surface area contributed by atoms with E-state index in [2.05, 4.69) is 19.2 Å². The van der Waals surface area contributed by atoms with E-state index in [1.165, 1.54) is 12.5 Å². The number of carbonyl (C=O) groups excluding carboxylic acids is 2. The van der Waals surface area contributed by atoms with Gasteiger partial charge >= 0.3 is 5.97 Å². The average Bonchev–Trinajstić information content (AvgIpc) is 2.86. The molecule has 0 aliphatic rings. The zero-order chi connectivity index (χ0) is 16.8. The summed E-state index contributed by atoms with van der Waals surface area (Å²) < 4.78 is 7.12. The van der Waals surface area contributed by atoms with E-state index in [0.717, 1.165) is 6.42 Å². The number of ether oxygens (including phenoxy) is 1. The molecular weight excluding hydrogens is 292 g/mol. The number of anilines is 1. The van der Waals surface area contributed by atoms with Crippen LogP contribution in [0.2, 0.25) is 0 Å². The summed E-state index contributed by atoms with van der Waals surface area (Å²) in [6, 6.07) is 8.72. The third-order valence-electron chi connectivity index (χ3n) is 3.17. The second kappa shape index (κ2) is 7.63. The molecule has 0 bridgehead atoms. The Bertz CT molecular complexity index is 672. The number of aromatic nitrogens is 1. The van der Waals surface area contributed by atoms with Crippen LogP contribution in [0.3, 0.4) is 0 Å². The number of carbonyl (C=O) groups is 2. The van der Waals surface area contributed by atoms with Gasteiger partial charge in [0.1, 0.15) is 12.3 Å². The maximum Gasteiger partial charge on any atom is 0.331 e. The van der Waals surface area contributed by atoms with E-state index in [4.69, 9.17) is 4.74 Å². The lowest BCUT2D eigenvalue weighted by molar-refractivity contribution is -0.135. The molecule has 1 N–H and O–H groups in total. The van der Waals surface area contributed by atoms with Gasteiger partial charge in [-0.1, -0.05) is 13.8 Å². The lowest BCUT2D eigenvalue weighted by Gasteiger charge is -2.07. The van der Waals surface area contributed by atoms with Gasteiger partial charge in [0.05, 0.1) is 0 Å². The highest BCUT2D eigenvalue weighted by Crippen LogP contribution is 2.16. The third kappa shape index (κ3) is 5.62. The average molecular weight is 314 g/mol. The lowest BCUT2D eigenvalue weighted by Crippen LogP contribution is -2.15. The molecule has 0 fully saturated rings. The highest BCUT2D eigenvalue weighted by atomic mass is 16.5. The molecule has 0 spiro atoms. The standard InChI is InChI=1S/C18H22N2O3/c1-13(2)10-15-8-9-20(11-15)12-18(22)23-17-6-4-16(5-7-17)19-14(3)21/h4-9,11,13H,10,12H2,1-3H3,(H,19,21). The largest absolute Gasteiger partial charge is 0.425 e. The van der Waals surface area contributed by atoms with Crippen molar-refractivity contribution in [3.05, 3.63) is 48.3 Å². The van der Waals surface area contributed by atoms with Crippen molar-refractivity contribution in [1.82, 2.24) is 4.57 Å². The van der Waals surface area contributed by atoms with Crippen LogP contribution in [0.25, 0.3) is 0 Å². The van der Waals surface area contributed by atoms with E-state index < -0.39 is 0 Å². The van der Waals surface area contributed by atoms with Gasteiger partial charge in [0.2, 0.25) is 5.91 Å². The lowest BCUT2D eigenvalue weighted by atomic mass is 10.1. The van der Waals surface area contributed by atoms with E-state index in [0.29, 0.717) is 17.4 Å². The first-order valence-electron chi connectivity index (χ1n) is 7.65. The first-order valence-corrected chi connectivity index (χ1v) is 7.65. The molecule has 2 rings (SSSR count). The second-order valence-corrected chi connectivity index (χ2v) is 5.97. The minimum absolute atomic E-state index is 0.139. The van der Waals surface area contributed by atoms with Gasteiger partial charge in [-0.15, -0.1) is 0 Å². The molecule has 23 heavy (non-hydrogen) atoms. The molecule has 0 radical (unpaired) electrons. The molecule has 0 saturated heterocycles. The summed E-state index contributed by atoms with van der Waals surface area (Å²) >= 11 is 0. The fourth-order valence-corrected chi connectivity index (χ4v) is 2.30. The SMILES string of the molecule is CC(=O)Nc1ccc(OC(=O)Cn2ccc(CC(C)C)c2)cc1. The number of hydrogen-bond donors (Lipinski definition) is 1. The van der Waals surface area contributed by atoms with E-state index in [9.17, 15) is 9.59 Å². The molecule has 5 nitrogen and oxygen atoms in total. The molecule has 122 valence electrons. The maximum atomic E-state index is 12.0. The Morgan fingerprint density at radius 2 is 1.87 bits per heavy atom. The number of rotatable bonds is 6. The van der Waals surface area contributed by atoms with Gasteiger partial charge in [0.25, 0.3) is 0 Å². The van der Waals surface area contributed by atoms with Crippen LogP contribution in [0.5, 0.6) is 5.75 Å². The van der Waals surface area contributed by atoms with Crippen LogP contribution < -0.4 is 10.1 Å². The quantitative estimate of drug-likeness (QED) is 0.657. The van der Waals surface area contributed by atoms with Crippen molar-refractivity contribution in [2.45, 2.75) is 33.7 Å². The van der Waals surface area contributed by atoms with E-state index in [1.807, 2.05) is 23.0 Å². The van der Waals surface area contributed by atoms with Crippen LogP contribution in [-0.4, -0.2) is 16.4 Å². The predicted molar refractivity (Wildman–Crippen MR) is 89.4 cm³/mol. The minimum Gasteiger partial charge on any atom is -0.425 e. The predicted octanol–water partition coefficient (Wildman–Crippen LogP) is 3.25. The molecular formula is C18H22N2O3. The van der Waals surface area contributed by atoms with Crippen molar-refractivity contribution in [1.29, 1.82) is 0 Å². The van der Waals surface area contributed by atoms with Gasteiger partial charge in [-0.3, -0.25) is 4.79 Å². The smallest absolute Gasteiger partial charge is 0.331 e. The first-order chi connectivity index (χ1) is 10.9. The van der Waals surface area contributed by atoms with Crippen molar-refractivity contribution >= 4 is 17.6 Å². The van der Waals surface area contributed by atoms with Crippen LogP contribution in [0.4, 0.5) is 5.69 Å². The summed E-state index contributed by atoms with van der Waals surface area (Å²) in [5.74, 6) is 0.571. The summed E-state index contributed by atoms with van der Waals surface area (Å²) in [4.78, 5) is 22.9. The summed E-state index contributed by atoms with van der Waals surface area (Å²) in [6.45, 7) is 5.94. The van der Waals surface area contributed by atoms with Crippen LogP contribution in [0.1, 0.15) is 26.3 Å². The Labute approximate surface area is 136 Å². The molecule has 0 atom stereocenters. The summed E-state index contributed by atoms with van der Waals surface area (Å²) in [6.07, 6.45) is 4.85. The number of benzene rings is 1. The Morgan fingerprint density at radius 1 is 1.17 bits per heavy atom. The second-order valence-electron chi connectivity index (χ2n) is 5.97. The molecule has 1 heterocycles. The van der Waals surface area contributed by atoms with E-state index in [-0.39, 0.29) is 18.4 Å². The summed E-state index contributed by atoms with van der Waals surface area (Å²) in [7, 11) is 0. The number of nitrogens with zero attached hydrogens (tertiary/aromatic N) is 1. The molecule has 2 aromatic rings. The molecule has 0 aliphatic carbocycles. The van der Waals surface area contributed by atoms with Gasteiger partial charge in [0.15, 0.2) is 0 Å². The molecule has 1 aromatic carbocycles. The van der Waals surface area contributed by atoms with Gasteiger partial charge in [0, 0.05) is 25.0 Å². The van der Waals surface area contributed by atoms with Crippen LogP contribution >= 0.6 is 0 Å². The van der Waals surface area contributed by atoms with E-state index in [1.54, 1.807) is 24.3 Å². The van der Waals surface area contributed by atoms with Gasteiger partial charge < -0.3 is 14.6 Å². The van der Waals surface area contributed by atoms with Crippen LogP contribution in [0, 0.1) is 5.92 Å². The van der Waals surface area contributed by atoms with Gasteiger partial charge in [-0.2, -0.15) is 0 Å². The molecule has 0 unspecified atom stereocenters. The third-order valence-corrected chi connectivity index (χ3v) is 3.17. The monoisotopic (exact) mass is 314 g/mol. The zero-order valence-corrected chi connectivity index (χ0v) is 13.7. The van der Waals surface area contributed by atoms with Crippen molar-refractivity contribution in [3.63, 3.8) is 0 Å². The normalized spacial score (nSPS) is 10.6. The number of esters is 1. The molecule has 0 saturated carbocycles. The Balaban J connectivity index is 1.89. The fourth-order valence-electron chi connectivity index (χ4n) is 2.30. The van der Waals surface area contributed by atoms with Crippen molar-refractivity contribution < 1.29 is 14.3 Å². The van der Waals surface area contributed by atoms with E-state index >= 15 is 0 Å². The zero-order valence-electron chi connectivity index (χ0n) is 13.7. The van der Waals surface area contributed by atoms with Gasteiger partial charge in [-0.05, 0) is 48.2 Å². The molecule has 5 heteroatoms. The highest BCUT2D eigenvalue weighted by Gasteiger charge is 2.07. The fraction of sp³-hybridized carbons (Fsp3) is 0.333. The minimum atomic E-state index is -0.330. The first kappa shape index (κ1) is 16.8.